The van der Waals surface area contributed by atoms with E-state index in [-0.39, 0.29) is 18.7 Å². The molecule has 0 aliphatic heterocycles. The predicted octanol–water partition coefficient (Wildman–Crippen LogP) is 2.16. The summed E-state index contributed by atoms with van der Waals surface area (Å²) in [5.74, 6) is 0.173. The number of carbonyl (C=O) groups is 1. The van der Waals surface area contributed by atoms with Gasteiger partial charge in [0.25, 0.3) is 11.5 Å². The van der Waals surface area contributed by atoms with Crippen LogP contribution >= 0.6 is 11.6 Å². The average molecular weight is 344 g/mol. The first-order chi connectivity index (χ1) is 11.6. The van der Waals surface area contributed by atoms with Crippen molar-refractivity contribution in [2.75, 3.05) is 13.2 Å². The quantitative estimate of drug-likeness (QED) is 0.720. The number of hydrogen-bond donors (Lipinski definition) is 1. The molecule has 0 saturated carbocycles. The first-order valence-electron chi connectivity index (χ1n) is 7.28. The van der Waals surface area contributed by atoms with Gasteiger partial charge in [-0.2, -0.15) is 0 Å². The van der Waals surface area contributed by atoms with E-state index in [9.17, 15) is 9.59 Å². The van der Waals surface area contributed by atoms with Crippen LogP contribution in [0.3, 0.4) is 0 Å². The monoisotopic (exact) mass is 343 g/mol. The zero-order valence-electron chi connectivity index (χ0n) is 12.6. The SMILES string of the molecule is O=C(NCCOc1ccc(Cl)cc1)c1cnc2ccccn2c1=O. The van der Waals surface area contributed by atoms with Crippen LogP contribution in [0, 0.1) is 0 Å². The third kappa shape index (κ3) is 3.55. The number of aromatic nitrogens is 2. The van der Waals surface area contributed by atoms with E-state index in [1.54, 1.807) is 48.7 Å². The minimum absolute atomic E-state index is 0.00908. The third-order valence-corrected chi connectivity index (χ3v) is 3.58. The second-order valence-electron chi connectivity index (χ2n) is 4.96. The van der Waals surface area contributed by atoms with Gasteiger partial charge in [0, 0.05) is 17.4 Å². The molecule has 2 aromatic heterocycles. The van der Waals surface area contributed by atoms with Gasteiger partial charge in [-0.1, -0.05) is 17.7 Å². The molecular weight excluding hydrogens is 330 g/mol. The molecule has 0 aliphatic carbocycles. The van der Waals surface area contributed by atoms with Crippen molar-refractivity contribution in [2.45, 2.75) is 0 Å². The van der Waals surface area contributed by atoms with Gasteiger partial charge >= 0.3 is 0 Å². The highest BCUT2D eigenvalue weighted by Crippen LogP contribution is 2.15. The normalized spacial score (nSPS) is 10.5. The molecule has 0 radical (unpaired) electrons. The van der Waals surface area contributed by atoms with Crippen molar-refractivity contribution < 1.29 is 9.53 Å². The third-order valence-electron chi connectivity index (χ3n) is 3.33. The summed E-state index contributed by atoms with van der Waals surface area (Å²) in [6, 6.07) is 12.1. The van der Waals surface area contributed by atoms with E-state index in [1.807, 2.05) is 0 Å². The van der Waals surface area contributed by atoms with Crippen molar-refractivity contribution in [1.29, 1.82) is 0 Å². The molecule has 1 amide bonds. The van der Waals surface area contributed by atoms with E-state index in [2.05, 4.69) is 10.3 Å². The molecule has 0 unspecified atom stereocenters. The first-order valence-corrected chi connectivity index (χ1v) is 7.66. The van der Waals surface area contributed by atoms with Crippen molar-refractivity contribution in [2.24, 2.45) is 0 Å². The Morgan fingerprint density at radius 2 is 2.00 bits per heavy atom. The topological polar surface area (TPSA) is 72.7 Å². The minimum atomic E-state index is -0.481. The van der Waals surface area contributed by atoms with Gasteiger partial charge in [0.05, 0.1) is 6.54 Å². The molecule has 0 atom stereocenters. The van der Waals surface area contributed by atoms with Crippen LogP contribution in [0.15, 0.2) is 59.7 Å². The maximum atomic E-state index is 12.3. The van der Waals surface area contributed by atoms with Crippen LogP contribution < -0.4 is 15.6 Å². The van der Waals surface area contributed by atoms with Gasteiger partial charge in [0.1, 0.15) is 23.6 Å². The second-order valence-corrected chi connectivity index (χ2v) is 5.40. The van der Waals surface area contributed by atoms with Crippen molar-refractivity contribution in [3.63, 3.8) is 0 Å². The number of benzene rings is 1. The van der Waals surface area contributed by atoms with Crippen LogP contribution in [-0.2, 0) is 0 Å². The lowest BCUT2D eigenvalue weighted by molar-refractivity contribution is 0.0945. The van der Waals surface area contributed by atoms with Crippen LogP contribution in [0.4, 0.5) is 0 Å². The number of halogens is 1. The summed E-state index contributed by atoms with van der Waals surface area (Å²) >= 11 is 5.79. The molecule has 0 saturated heterocycles. The van der Waals surface area contributed by atoms with Gasteiger partial charge in [0.2, 0.25) is 0 Å². The number of carbonyl (C=O) groups excluding carboxylic acids is 1. The highest BCUT2D eigenvalue weighted by atomic mass is 35.5. The van der Waals surface area contributed by atoms with E-state index in [4.69, 9.17) is 16.3 Å². The summed E-state index contributed by atoms with van der Waals surface area (Å²) in [6.45, 7) is 0.536. The summed E-state index contributed by atoms with van der Waals surface area (Å²) in [5.41, 5.74) is 0.0760. The van der Waals surface area contributed by atoms with Crippen LogP contribution in [-0.4, -0.2) is 28.4 Å². The van der Waals surface area contributed by atoms with Crippen molar-refractivity contribution in [3.05, 3.63) is 75.8 Å². The van der Waals surface area contributed by atoms with E-state index in [0.29, 0.717) is 16.4 Å². The summed E-state index contributed by atoms with van der Waals surface area (Å²) in [6.07, 6.45) is 2.86. The molecule has 2 heterocycles. The molecule has 24 heavy (non-hydrogen) atoms. The number of nitrogens with one attached hydrogen (secondary N) is 1. The second kappa shape index (κ2) is 7.14. The summed E-state index contributed by atoms with van der Waals surface area (Å²) in [7, 11) is 0. The van der Waals surface area contributed by atoms with Gasteiger partial charge < -0.3 is 10.1 Å². The fourth-order valence-corrected chi connectivity index (χ4v) is 2.27. The van der Waals surface area contributed by atoms with Gasteiger partial charge in [-0.3, -0.25) is 14.0 Å². The van der Waals surface area contributed by atoms with Crippen molar-refractivity contribution >= 4 is 23.2 Å². The van der Waals surface area contributed by atoms with Crippen LogP contribution in [0.2, 0.25) is 5.02 Å². The fourth-order valence-electron chi connectivity index (χ4n) is 2.14. The number of pyridine rings is 1. The molecule has 3 aromatic rings. The molecule has 1 N–H and O–H groups in total. The Bertz CT molecular complexity index is 922. The van der Waals surface area contributed by atoms with Crippen LogP contribution in [0.25, 0.3) is 5.65 Å². The van der Waals surface area contributed by atoms with Gasteiger partial charge in [-0.25, -0.2) is 4.98 Å². The van der Waals surface area contributed by atoms with Crippen molar-refractivity contribution in [3.8, 4) is 5.75 Å². The Morgan fingerprint density at radius 1 is 1.21 bits per heavy atom. The predicted molar refractivity (Wildman–Crippen MR) is 90.7 cm³/mol. The number of rotatable bonds is 5. The fraction of sp³-hybridized carbons (Fsp3) is 0.118. The molecule has 0 aliphatic rings. The highest BCUT2D eigenvalue weighted by Gasteiger charge is 2.12. The van der Waals surface area contributed by atoms with E-state index >= 15 is 0 Å². The lowest BCUT2D eigenvalue weighted by Gasteiger charge is -2.08. The molecule has 0 fully saturated rings. The molecule has 0 spiro atoms. The number of nitrogens with zero attached hydrogens (tertiary/aromatic N) is 2. The Kier molecular flexibility index (Phi) is 4.77. The zero-order chi connectivity index (χ0) is 16.9. The highest BCUT2D eigenvalue weighted by molar-refractivity contribution is 6.30. The Hall–Kier alpha value is -2.86. The van der Waals surface area contributed by atoms with Crippen LogP contribution in [0.1, 0.15) is 10.4 Å². The first kappa shape index (κ1) is 16.0. The number of amides is 1. The molecule has 7 heteroatoms. The van der Waals surface area contributed by atoms with E-state index < -0.39 is 11.5 Å². The molecule has 1 aromatic carbocycles. The molecule has 0 bridgehead atoms. The largest absolute Gasteiger partial charge is 0.492 e. The van der Waals surface area contributed by atoms with Crippen LogP contribution in [0.5, 0.6) is 5.75 Å². The number of hydrogen-bond acceptors (Lipinski definition) is 4. The molecular formula is C17H14ClN3O3. The lowest BCUT2D eigenvalue weighted by Crippen LogP contribution is -2.33. The average Bonchev–Trinajstić information content (AvgIpc) is 2.60. The lowest BCUT2D eigenvalue weighted by atomic mass is 10.3. The summed E-state index contributed by atoms with van der Waals surface area (Å²) in [5, 5.41) is 3.27. The number of ether oxygens (including phenoxy) is 1. The summed E-state index contributed by atoms with van der Waals surface area (Å²) in [4.78, 5) is 28.5. The van der Waals surface area contributed by atoms with E-state index in [0.717, 1.165) is 0 Å². The minimum Gasteiger partial charge on any atom is -0.492 e. The zero-order valence-corrected chi connectivity index (χ0v) is 13.4. The maximum absolute atomic E-state index is 12.3. The van der Waals surface area contributed by atoms with Crippen molar-refractivity contribution in [1.82, 2.24) is 14.7 Å². The smallest absolute Gasteiger partial charge is 0.270 e. The molecule has 6 nitrogen and oxygen atoms in total. The van der Waals surface area contributed by atoms with Gasteiger partial charge in [0.15, 0.2) is 0 Å². The van der Waals surface area contributed by atoms with E-state index in [1.165, 1.54) is 10.6 Å². The molecule has 3 rings (SSSR count). The van der Waals surface area contributed by atoms with Gasteiger partial charge in [-0.15, -0.1) is 0 Å². The number of fused-ring (bicyclic) bond motifs is 1. The Labute approximate surface area is 142 Å². The molecule has 122 valence electrons. The maximum Gasteiger partial charge on any atom is 0.270 e. The standard InChI is InChI=1S/C17H14ClN3O3/c18-12-4-6-13(7-5-12)24-10-8-19-16(22)14-11-20-15-3-1-2-9-21(15)17(14)23/h1-7,9,11H,8,10H2,(H,19,22). The Balaban J connectivity index is 1.60. The Morgan fingerprint density at radius 3 is 2.79 bits per heavy atom. The van der Waals surface area contributed by atoms with Gasteiger partial charge in [-0.05, 0) is 36.4 Å². The summed E-state index contributed by atoms with van der Waals surface area (Å²) < 4.78 is 6.81.